The van der Waals surface area contributed by atoms with Crippen LogP contribution in [0, 0.1) is 0 Å². The maximum Gasteiger partial charge on any atom is 0.422 e. The van der Waals surface area contributed by atoms with E-state index >= 15 is 0 Å². The number of hydrogen-bond donors (Lipinski definition) is 2. The zero-order chi connectivity index (χ0) is 23.1. The monoisotopic (exact) mass is 469 g/mol. The van der Waals surface area contributed by atoms with E-state index < -0.39 is 12.8 Å². The van der Waals surface area contributed by atoms with Gasteiger partial charge in [-0.3, -0.25) is 9.59 Å². The van der Waals surface area contributed by atoms with Crippen molar-refractivity contribution in [2.24, 2.45) is 0 Å². The van der Waals surface area contributed by atoms with Crippen molar-refractivity contribution in [2.75, 3.05) is 31.6 Å². The van der Waals surface area contributed by atoms with E-state index in [1.165, 1.54) is 18.2 Å². The highest BCUT2D eigenvalue weighted by Gasteiger charge is 2.29. The van der Waals surface area contributed by atoms with Gasteiger partial charge in [-0.05, 0) is 48.7 Å². The Balaban J connectivity index is 1.49. The Morgan fingerprint density at radius 2 is 1.75 bits per heavy atom. The fourth-order valence-electron chi connectivity index (χ4n) is 3.23. The van der Waals surface area contributed by atoms with Crippen LogP contribution in [0.5, 0.6) is 5.75 Å². The molecule has 32 heavy (non-hydrogen) atoms. The molecular formula is C22H23ClF3N3O3. The molecule has 1 saturated heterocycles. The van der Waals surface area contributed by atoms with Gasteiger partial charge in [-0.2, -0.15) is 13.2 Å². The summed E-state index contributed by atoms with van der Waals surface area (Å²) in [5, 5.41) is 5.74. The number of nitrogens with zero attached hydrogens (tertiary/aromatic N) is 1. The highest BCUT2D eigenvalue weighted by Crippen LogP contribution is 2.29. The van der Waals surface area contributed by atoms with Gasteiger partial charge < -0.3 is 20.3 Å². The molecule has 2 amide bonds. The van der Waals surface area contributed by atoms with Gasteiger partial charge in [0.1, 0.15) is 5.75 Å². The molecule has 3 rings (SSSR count). The lowest BCUT2D eigenvalue weighted by molar-refractivity contribution is -0.153. The first-order valence-electron chi connectivity index (χ1n) is 10.1. The van der Waals surface area contributed by atoms with E-state index in [-0.39, 0.29) is 41.4 Å². The Kier molecular flexibility index (Phi) is 7.84. The molecule has 2 aromatic rings. The summed E-state index contributed by atoms with van der Waals surface area (Å²) < 4.78 is 42.0. The summed E-state index contributed by atoms with van der Waals surface area (Å²) >= 11 is 5.89. The van der Waals surface area contributed by atoms with Crippen LogP contribution >= 0.6 is 11.6 Å². The maximum absolute atomic E-state index is 12.4. The van der Waals surface area contributed by atoms with Crippen LogP contribution < -0.4 is 15.4 Å². The van der Waals surface area contributed by atoms with Crippen molar-refractivity contribution in [1.82, 2.24) is 10.2 Å². The van der Waals surface area contributed by atoms with E-state index in [0.29, 0.717) is 5.56 Å². The average Bonchev–Trinajstić information content (AvgIpc) is 3.30. The predicted molar refractivity (Wildman–Crippen MR) is 115 cm³/mol. The second-order valence-electron chi connectivity index (χ2n) is 7.37. The highest BCUT2D eigenvalue weighted by atomic mass is 35.5. The molecule has 1 aliphatic rings. The van der Waals surface area contributed by atoms with Crippen LogP contribution in [0.25, 0.3) is 0 Å². The molecular weight excluding hydrogens is 447 g/mol. The summed E-state index contributed by atoms with van der Waals surface area (Å²) in [6, 6.07) is 11.1. The van der Waals surface area contributed by atoms with Gasteiger partial charge in [0, 0.05) is 30.2 Å². The average molecular weight is 470 g/mol. The molecule has 172 valence electrons. The predicted octanol–water partition coefficient (Wildman–Crippen LogP) is 4.25. The van der Waals surface area contributed by atoms with Gasteiger partial charge in [-0.15, -0.1) is 0 Å². The number of carbonyl (C=O) groups excluding carboxylic acids is 2. The molecule has 0 bridgehead atoms. The summed E-state index contributed by atoms with van der Waals surface area (Å²) in [6.45, 7) is 0.157. The second kappa shape index (κ2) is 10.6. The van der Waals surface area contributed by atoms with Crippen LogP contribution in [0.2, 0.25) is 5.02 Å². The molecule has 1 aliphatic heterocycles. The van der Waals surface area contributed by atoms with Gasteiger partial charge in [-0.25, -0.2) is 0 Å². The standard InChI is InChI=1S/C22H23ClF3N3O3/c23-17-7-8-19(32-14-22(24,25)26)18(11-17)27-13-20(30)28-12-15-3-5-16(6-4-15)21(31)29-9-1-2-10-29/h3-8,11,27H,1-2,9-10,12-14H2,(H,28,30). The van der Waals surface area contributed by atoms with Crippen LogP contribution in [0.4, 0.5) is 18.9 Å². The van der Waals surface area contributed by atoms with E-state index in [4.69, 9.17) is 16.3 Å². The SMILES string of the molecule is O=C(CNc1cc(Cl)ccc1OCC(F)(F)F)NCc1ccc(C(=O)N2CCCC2)cc1. The minimum Gasteiger partial charge on any atom is -0.482 e. The third-order valence-corrected chi connectivity index (χ3v) is 5.09. The van der Waals surface area contributed by atoms with E-state index in [1.54, 1.807) is 24.3 Å². The lowest BCUT2D eigenvalue weighted by atomic mass is 10.1. The summed E-state index contributed by atoms with van der Waals surface area (Å²) in [7, 11) is 0. The van der Waals surface area contributed by atoms with Crippen molar-refractivity contribution in [3.8, 4) is 5.75 Å². The second-order valence-corrected chi connectivity index (χ2v) is 7.81. The fraction of sp³-hybridized carbons (Fsp3) is 0.364. The molecule has 0 aliphatic carbocycles. The van der Waals surface area contributed by atoms with Crippen molar-refractivity contribution in [1.29, 1.82) is 0 Å². The van der Waals surface area contributed by atoms with Gasteiger partial charge >= 0.3 is 6.18 Å². The number of ether oxygens (including phenoxy) is 1. The molecule has 0 radical (unpaired) electrons. The molecule has 2 aromatic carbocycles. The number of amides is 2. The van der Waals surface area contributed by atoms with Gasteiger partial charge in [0.15, 0.2) is 6.61 Å². The van der Waals surface area contributed by atoms with Gasteiger partial charge in [-0.1, -0.05) is 23.7 Å². The van der Waals surface area contributed by atoms with Crippen LogP contribution in [-0.2, 0) is 11.3 Å². The maximum atomic E-state index is 12.4. The summed E-state index contributed by atoms with van der Waals surface area (Å²) in [5.74, 6) is -0.422. The van der Waals surface area contributed by atoms with Crippen molar-refractivity contribution in [2.45, 2.75) is 25.6 Å². The first-order valence-corrected chi connectivity index (χ1v) is 10.5. The van der Waals surface area contributed by atoms with Crippen LogP contribution in [0.3, 0.4) is 0 Å². The van der Waals surface area contributed by atoms with Crippen LogP contribution in [-0.4, -0.2) is 49.1 Å². The minimum absolute atomic E-state index is 0.00681. The Labute approximate surface area is 188 Å². The smallest absolute Gasteiger partial charge is 0.422 e. The van der Waals surface area contributed by atoms with Crippen molar-refractivity contribution in [3.05, 3.63) is 58.6 Å². The molecule has 0 spiro atoms. The molecule has 0 atom stereocenters. The number of benzene rings is 2. The quantitative estimate of drug-likeness (QED) is 0.606. The Morgan fingerprint density at radius 3 is 2.41 bits per heavy atom. The molecule has 6 nitrogen and oxygen atoms in total. The lowest BCUT2D eigenvalue weighted by Gasteiger charge is -2.16. The Hall–Kier alpha value is -2.94. The van der Waals surface area contributed by atoms with E-state index in [0.717, 1.165) is 31.5 Å². The lowest BCUT2D eigenvalue weighted by Crippen LogP contribution is -2.30. The van der Waals surface area contributed by atoms with Gasteiger partial charge in [0.05, 0.1) is 12.2 Å². The normalized spacial score (nSPS) is 13.7. The number of likely N-dealkylation sites (tertiary alicyclic amines) is 1. The number of anilines is 1. The number of nitrogens with one attached hydrogen (secondary N) is 2. The molecule has 1 fully saturated rings. The third kappa shape index (κ3) is 7.05. The number of halogens is 4. The molecule has 10 heteroatoms. The topological polar surface area (TPSA) is 70.7 Å². The number of rotatable bonds is 8. The van der Waals surface area contributed by atoms with Gasteiger partial charge in [0.25, 0.3) is 5.91 Å². The highest BCUT2D eigenvalue weighted by molar-refractivity contribution is 6.30. The summed E-state index contributed by atoms with van der Waals surface area (Å²) in [4.78, 5) is 26.4. The zero-order valence-electron chi connectivity index (χ0n) is 17.2. The molecule has 0 aromatic heterocycles. The molecule has 1 heterocycles. The van der Waals surface area contributed by atoms with Crippen LogP contribution in [0.1, 0.15) is 28.8 Å². The first-order chi connectivity index (χ1) is 15.2. The Bertz CT molecular complexity index is 946. The third-order valence-electron chi connectivity index (χ3n) is 4.86. The fourth-order valence-corrected chi connectivity index (χ4v) is 3.40. The van der Waals surface area contributed by atoms with Gasteiger partial charge in [0.2, 0.25) is 5.91 Å². The summed E-state index contributed by atoms with van der Waals surface area (Å²) in [6.07, 6.45) is -2.44. The minimum atomic E-state index is -4.48. The summed E-state index contributed by atoms with van der Waals surface area (Å²) in [5.41, 5.74) is 1.60. The van der Waals surface area contributed by atoms with Crippen molar-refractivity contribution in [3.63, 3.8) is 0 Å². The van der Waals surface area contributed by atoms with E-state index in [2.05, 4.69) is 10.6 Å². The Morgan fingerprint density at radius 1 is 1.06 bits per heavy atom. The number of hydrogen-bond acceptors (Lipinski definition) is 4. The first kappa shape index (κ1) is 23.7. The molecule has 2 N–H and O–H groups in total. The largest absolute Gasteiger partial charge is 0.482 e. The molecule has 0 unspecified atom stereocenters. The van der Waals surface area contributed by atoms with E-state index in [1.807, 2.05) is 4.90 Å². The number of alkyl halides is 3. The van der Waals surface area contributed by atoms with E-state index in [9.17, 15) is 22.8 Å². The van der Waals surface area contributed by atoms with Crippen LogP contribution in [0.15, 0.2) is 42.5 Å². The zero-order valence-corrected chi connectivity index (χ0v) is 17.9. The van der Waals surface area contributed by atoms with Crippen molar-refractivity contribution >= 4 is 29.1 Å². The molecule has 0 saturated carbocycles. The van der Waals surface area contributed by atoms with Crippen molar-refractivity contribution < 1.29 is 27.5 Å². The number of carbonyl (C=O) groups is 2.